The quantitative estimate of drug-likeness (QED) is 0.890. The van der Waals surface area contributed by atoms with Gasteiger partial charge in [0.25, 0.3) is 5.91 Å². The molecule has 0 unspecified atom stereocenters. The molecule has 3 heteroatoms. The fourth-order valence-electron chi connectivity index (χ4n) is 1.61. The molecule has 0 aliphatic heterocycles. The third-order valence-electron chi connectivity index (χ3n) is 2.98. The van der Waals surface area contributed by atoms with Crippen molar-refractivity contribution in [2.24, 2.45) is 11.1 Å². The van der Waals surface area contributed by atoms with Crippen molar-refractivity contribution >= 4 is 5.91 Å². The zero-order chi connectivity index (χ0) is 13.8. The van der Waals surface area contributed by atoms with Crippen LogP contribution in [0.25, 0.3) is 0 Å². The molecule has 0 saturated heterocycles. The Morgan fingerprint density at radius 2 is 1.78 bits per heavy atom. The highest BCUT2D eigenvalue weighted by Crippen LogP contribution is 2.19. The van der Waals surface area contributed by atoms with E-state index in [1.165, 1.54) is 0 Å². The maximum absolute atomic E-state index is 12.2. The van der Waals surface area contributed by atoms with Gasteiger partial charge in [0.15, 0.2) is 0 Å². The molecule has 0 heterocycles. The van der Waals surface area contributed by atoms with Crippen molar-refractivity contribution in [2.75, 3.05) is 13.6 Å². The number of benzene rings is 1. The van der Waals surface area contributed by atoms with Gasteiger partial charge in [-0.15, -0.1) is 0 Å². The molecule has 18 heavy (non-hydrogen) atoms. The Labute approximate surface area is 110 Å². The number of amides is 1. The van der Waals surface area contributed by atoms with Gasteiger partial charge < -0.3 is 10.6 Å². The number of rotatable bonds is 4. The summed E-state index contributed by atoms with van der Waals surface area (Å²) < 4.78 is 0. The van der Waals surface area contributed by atoms with Gasteiger partial charge in [-0.25, -0.2) is 0 Å². The smallest absolute Gasteiger partial charge is 0.253 e. The minimum atomic E-state index is 0.0721. The summed E-state index contributed by atoms with van der Waals surface area (Å²) in [7, 11) is 1.85. The van der Waals surface area contributed by atoms with Crippen LogP contribution in [0.3, 0.4) is 0 Å². The van der Waals surface area contributed by atoms with Crippen molar-refractivity contribution < 1.29 is 4.79 Å². The minimum Gasteiger partial charge on any atom is -0.342 e. The van der Waals surface area contributed by atoms with Gasteiger partial charge in [0.1, 0.15) is 0 Å². The van der Waals surface area contributed by atoms with E-state index in [1.54, 1.807) is 4.90 Å². The fourth-order valence-corrected chi connectivity index (χ4v) is 1.61. The predicted octanol–water partition coefficient (Wildman–Crippen LogP) is 2.65. The Kier molecular flexibility index (Phi) is 4.91. The van der Waals surface area contributed by atoms with Gasteiger partial charge in [-0.1, -0.05) is 32.9 Å². The molecule has 1 aromatic rings. The summed E-state index contributed by atoms with van der Waals surface area (Å²) in [6, 6.07) is 7.51. The average Bonchev–Trinajstić information content (AvgIpc) is 2.34. The van der Waals surface area contributed by atoms with Gasteiger partial charge in [0.05, 0.1) is 0 Å². The number of carbonyl (C=O) groups excluding carboxylic acids is 1. The Hall–Kier alpha value is -1.35. The van der Waals surface area contributed by atoms with Crippen LogP contribution in [-0.4, -0.2) is 24.4 Å². The SMILES string of the molecule is CN(CCC(C)(C)C)C(=O)c1ccc(CN)cc1. The highest BCUT2D eigenvalue weighted by molar-refractivity contribution is 5.94. The lowest BCUT2D eigenvalue weighted by Crippen LogP contribution is -2.30. The summed E-state index contributed by atoms with van der Waals surface area (Å²) in [6.45, 7) is 7.83. The monoisotopic (exact) mass is 248 g/mol. The highest BCUT2D eigenvalue weighted by atomic mass is 16.2. The summed E-state index contributed by atoms with van der Waals surface area (Å²) in [6.07, 6.45) is 0.996. The molecule has 3 nitrogen and oxygen atoms in total. The lowest BCUT2D eigenvalue weighted by atomic mass is 9.92. The van der Waals surface area contributed by atoms with Crippen LogP contribution in [0, 0.1) is 5.41 Å². The van der Waals surface area contributed by atoms with E-state index in [0.717, 1.165) is 24.1 Å². The maximum Gasteiger partial charge on any atom is 0.253 e. The second kappa shape index (κ2) is 6.01. The third-order valence-corrected chi connectivity index (χ3v) is 2.98. The minimum absolute atomic E-state index is 0.0721. The van der Waals surface area contributed by atoms with Gasteiger partial charge in [0.2, 0.25) is 0 Å². The fraction of sp³-hybridized carbons (Fsp3) is 0.533. The van der Waals surface area contributed by atoms with E-state index in [2.05, 4.69) is 20.8 Å². The number of carbonyl (C=O) groups is 1. The van der Waals surface area contributed by atoms with Crippen molar-refractivity contribution in [1.29, 1.82) is 0 Å². The molecule has 0 bridgehead atoms. The molecule has 0 saturated carbocycles. The van der Waals surface area contributed by atoms with Crippen LogP contribution in [0.5, 0.6) is 0 Å². The van der Waals surface area contributed by atoms with Crippen molar-refractivity contribution in [3.05, 3.63) is 35.4 Å². The maximum atomic E-state index is 12.2. The third kappa shape index (κ3) is 4.49. The molecule has 100 valence electrons. The Morgan fingerprint density at radius 3 is 2.22 bits per heavy atom. The van der Waals surface area contributed by atoms with Gasteiger partial charge in [-0.05, 0) is 29.5 Å². The van der Waals surface area contributed by atoms with Gasteiger partial charge in [-0.3, -0.25) is 4.79 Å². The zero-order valence-electron chi connectivity index (χ0n) is 11.9. The molecule has 0 aliphatic rings. The number of hydrogen-bond acceptors (Lipinski definition) is 2. The summed E-state index contributed by atoms with van der Waals surface area (Å²) in [4.78, 5) is 13.9. The van der Waals surface area contributed by atoms with E-state index >= 15 is 0 Å². The van der Waals surface area contributed by atoms with Crippen LogP contribution >= 0.6 is 0 Å². The first-order valence-electron chi connectivity index (χ1n) is 6.38. The van der Waals surface area contributed by atoms with E-state index in [0.29, 0.717) is 6.54 Å². The molecule has 0 aromatic heterocycles. The van der Waals surface area contributed by atoms with Crippen molar-refractivity contribution in [3.63, 3.8) is 0 Å². The van der Waals surface area contributed by atoms with E-state index in [4.69, 9.17) is 5.73 Å². The number of nitrogens with two attached hydrogens (primary N) is 1. The van der Waals surface area contributed by atoms with Gasteiger partial charge in [-0.2, -0.15) is 0 Å². The Morgan fingerprint density at radius 1 is 1.22 bits per heavy atom. The van der Waals surface area contributed by atoms with Gasteiger partial charge in [0, 0.05) is 25.7 Å². The van der Waals surface area contributed by atoms with Crippen molar-refractivity contribution in [1.82, 2.24) is 4.90 Å². The van der Waals surface area contributed by atoms with Crippen molar-refractivity contribution in [2.45, 2.75) is 33.7 Å². The van der Waals surface area contributed by atoms with Crippen molar-refractivity contribution in [3.8, 4) is 0 Å². The van der Waals surface area contributed by atoms with E-state index in [1.807, 2.05) is 31.3 Å². The first-order chi connectivity index (χ1) is 8.33. The average molecular weight is 248 g/mol. The van der Waals surface area contributed by atoms with E-state index in [-0.39, 0.29) is 11.3 Å². The normalized spacial score (nSPS) is 11.4. The van der Waals surface area contributed by atoms with Crippen LogP contribution in [0.15, 0.2) is 24.3 Å². The van der Waals surface area contributed by atoms with Crippen LogP contribution in [0.1, 0.15) is 43.1 Å². The number of hydrogen-bond donors (Lipinski definition) is 1. The largest absolute Gasteiger partial charge is 0.342 e. The molecule has 0 spiro atoms. The summed E-state index contributed by atoms with van der Waals surface area (Å²) in [5, 5.41) is 0. The molecule has 1 aromatic carbocycles. The first-order valence-corrected chi connectivity index (χ1v) is 6.38. The zero-order valence-corrected chi connectivity index (χ0v) is 11.9. The molecule has 1 amide bonds. The van der Waals surface area contributed by atoms with Crippen LogP contribution in [-0.2, 0) is 6.54 Å². The predicted molar refractivity (Wildman–Crippen MR) is 75.4 cm³/mol. The standard InChI is InChI=1S/C15H24N2O/c1-15(2,3)9-10-17(4)14(18)13-7-5-12(11-16)6-8-13/h5-8H,9-11,16H2,1-4H3. The lowest BCUT2D eigenvalue weighted by Gasteiger charge is -2.23. The first kappa shape index (κ1) is 14.7. The second-order valence-electron chi connectivity index (χ2n) is 5.94. The molecule has 0 radical (unpaired) electrons. The van der Waals surface area contributed by atoms with E-state index in [9.17, 15) is 4.79 Å². The molecular weight excluding hydrogens is 224 g/mol. The molecule has 0 atom stereocenters. The Balaban J connectivity index is 2.62. The van der Waals surface area contributed by atoms with Crippen LogP contribution in [0.4, 0.5) is 0 Å². The lowest BCUT2D eigenvalue weighted by molar-refractivity contribution is 0.0780. The summed E-state index contributed by atoms with van der Waals surface area (Å²) in [5.74, 6) is 0.0721. The van der Waals surface area contributed by atoms with E-state index < -0.39 is 0 Å². The van der Waals surface area contributed by atoms with Crippen LogP contribution < -0.4 is 5.73 Å². The molecule has 0 aliphatic carbocycles. The highest BCUT2D eigenvalue weighted by Gasteiger charge is 2.15. The van der Waals surface area contributed by atoms with Gasteiger partial charge >= 0.3 is 0 Å². The summed E-state index contributed by atoms with van der Waals surface area (Å²) >= 11 is 0. The number of nitrogens with zero attached hydrogens (tertiary/aromatic N) is 1. The molecule has 0 fully saturated rings. The molecule has 1 rings (SSSR count). The Bertz CT molecular complexity index is 390. The molecular formula is C15H24N2O. The molecule has 2 N–H and O–H groups in total. The topological polar surface area (TPSA) is 46.3 Å². The van der Waals surface area contributed by atoms with Crippen LogP contribution in [0.2, 0.25) is 0 Å². The summed E-state index contributed by atoms with van der Waals surface area (Å²) in [5.41, 5.74) is 7.55. The second-order valence-corrected chi connectivity index (χ2v) is 5.94.